The molecular formula is C14H21N. The minimum Gasteiger partial charge on any atom is -0.316 e. The van der Waals surface area contributed by atoms with Crippen molar-refractivity contribution in [1.29, 1.82) is 0 Å². The van der Waals surface area contributed by atoms with Crippen molar-refractivity contribution in [1.82, 2.24) is 5.32 Å². The monoisotopic (exact) mass is 203 g/mol. The van der Waals surface area contributed by atoms with Crippen molar-refractivity contribution >= 4 is 0 Å². The lowest BCUT2D eigenvalue weighted by molar-refractivity contribution is 0.520. The van der Waals surface area contributed by atoms with Gasteiger partial charge in [-0.1, -0.05) is 30.2 Å². The van der Waals surface area contributed by atoms with E-state index in [0.717, 1.165) is 5.92 Å². The zero-order valence-electron chi connectivity index (χ0n) is 10.0. The van der Waals surface area contributed by atoms with Crippen LogP contribution in [0.25, 0.3) is 0 Å². The number of likely N-dealkylation sites (N-methyl/N-ethyl adjacent to an activating group) is 1. The van der Waals surface area contributed by atoms with E-state index in [9.17, 15) is 0 Å². The van der Waals surface area contributed by atoms with Gasteiger partial charge in [0.2, 0.25) is 0 Å². The molecule has 1 aromatic rings. The van der Waals surface area contributed by atoms with Crippen LogP contribution < -0.4 is 5.32 Å². The predicted molar refractivity (Wildman–Crippen MR) is 65.4 cm³/mol. The van der Waals surface area contributed by atoms with Crippen molar-refractivity contribution in [3.63, 3.8) is 0 Å². The number of hydrogen-bond acceptors (Lipinski definition) is 1. The van der Waals surface area contributed by atoms with Gasteiger partial charge >= 0.3 is 0 Å². The highest BCUT2D eigenvalue weighted by Crippen LogP contribution is 2.36. The Morgan fingerprint density at radius 2 is 2.00 bits per heavy atom. The van der Waals surface area contributed by atoms with Gasteiger partial charge in [0.15, 0.2) is 0 Å². The molecule has 1 aliphatic carbocycles. The van der Waals surface area contributed by atoms with E-state index >= 15 is 0 Å². The summed E-state index contributed by atoms with van der Waals surface area (Å²) in [6, 6.07) is 7.56. The third-order valence-corrected chi connectivity index (χ3v) is 3.71. The fourth-order valence-corrected chi connectivity index (χ4v) is 2.92. The summed E-state index contributed by atoms with van der Waals surface area (Å²) in [6.07, 6.45) is 4.04. The third kappa shape index (κ3) is 2.07. The molecule has 0 aliphatic heterocycles. The molecule has 0 radical (unpaired) electrons. The maximum atomic E-state index is 3.45. The molecule has 1 fully saturated rings. The summed E-state index contributed by atoms with van der Waals surface area (Å²) in [7, 11) is 2.09. The zero-order valence-corrected chi connectivity index (χ0v) is 10.0. The topological polar surface area (TPSA) is 12.0 Å². The molecule has 15 heavy (non-hydrogen) atoms. The van der Waals surface area contributed by atoms with Gasteiger partial charge in [0.05, 0.1) is 0 Å². The van der Waals surface area contributed by atoms with Crippen LogP contribution in [0.1, 0.15) is 41.9 Å². The summed E-state index contributed by atoms with van der Waals surface area (Å²) < 4.78 is 0. The van der Waals surface area contributed by atoms with E-state index in [1.807, 2.05) is 0 Å². The number of hydrogen-bond donors (Lipinski definition) is 1. The molecule has 0 amide bonds. The number of aryl methyl sites for hydroxylation is 2. The first kappa shape index (κ1) is 10.7. The lowest BCUT2D eigenvalue weighted by atomic mass is 9.90. The molecule has 0 bridgehead atoms. The fourth-order valence-electron chi connectivity index (χ4n) is 2.92. The quantitative estimate of drug-likeness (QED) is 0.778. The second-order valence-corrected chi connectivity index (χ2v) is 4.79. The number of rotatable bonds is 2. The molecule has 82 valence electrons. The Labute approximate surface area is 92.9 Å². The molecule has 0 saturated heterocycles. The van der Waals surface area contributed by atoms with Crippen LogP contribution in [-0.4, -0.2) is 13.1 Å². The Morgan fingerprint density at radius 1 is 1.20 bits per heavy atom. The molecule has 1 N–H and O–H groups in total. The Balaban J connectivity index is 2.28. The SMILES string of the molecule is CNC1CCCC1c1ccc(C)cc1C. The third-order valence-electron chi connectivity index (χ3n) is 3.71. The molecule has 1 saturated carbocycles. The second-order valence-electron chi connectivity index (χ2n) is 4.79. The minimum absolute atomic E-state index is 0.686. The Bertz CT molecular complexity index is 343. The minimum atomic E-state index is 0.686. The Hall–Kier alpha value is -0.820. The average molecular weight is 203 g/mol. The van der Waals surface area contributed by atoms with Crippen LogP contribution >= 0.6 is 0 Å². The van der Waals surface area contributed by atoms with Gasteiger partial charge < -0.3 is 5.32 Å². The molecule has 1 aromatic carbocycles. The molecule has 2 atom stereocenters. The normalized spacial score (nSPS) is 25.8. The van der Waals surface area contributed by atoms with E-state index in [1.54, 1.807) is 5.56 Å². The van der Waals surface area contributed by atoms with Gasteiger partial charge in [0.1, 0.15) is 0 Å². The van der Waals surface area contributed by atoms with Gasteiger partial charge in [-0.2, -0.15) is 0 Å². The molecule has 1 heteroatoms. The summed E-state index contributed by atoms with van der Waals surface area (Å²) in [5.74, 6) is 0.732. The lowest BCUT2D eigenvalue weighted by Crippen LogP contribution is -2.27. The summed E-state index contributed by atoms with van der Waals surface area (Å²) in [5.41, 5.74) is 4.38. The van der Waals surface area contributed by atoms with Crippen molar-refractivity contribution in [3.05, 3.63) is 34.9 Å². The van der Waals surface area contributed by atoms with E-state index in [-0.39, 0.29) is 0 Å². The predicted octanol–water partition coefficient (Wildman–Crippen LogP) is 3.16. The maximum absolute atomic E-state index is 3.45. The number of benzene rings is 1. The highest BCUT2D eigenvalue weighted by molar-refractivity contribution is 5.34. The first-order valence-corrected chi connectivity index (χ1v) is 5.97. The van der Waals surface area contributed by atoms with E-state index in [4.69, 9.17) is 0 Å². The van der Waals surface area contributed by atoms with Gasteiger partial charge in [-0.3, -0.25) is 0 Å². The van der Waals surface area contributed by atoms with Crippen LogP contribution in [-0.2, 0) is 0 Å². The molecule has 0 aromatic heterocycles. The van der Waals surface area contributed by atoms with Crippen molar-refractivity contribution in [2.24, 2.45) is 0 Å². The van der Waals surface area contributed by atoms with Crippen LogP contribution in [0.5, 0.6) is 0 Å². The van der Waals surface area contributed by atoms with Crippen molar-refractivity contribution in [3.8, 4) is 0 Å². The van der Waals surface area contributed by atoms with Gasteiger partial charge in [0, 0.05) is 6.04 Å². The van der Waals surface area contributed by atoms with E-state index in [0.29, 0.717) is 6.04 Å². The van der Waals surface area contributed by atoms with Crippen LogP contribution in [0, 0.1) is 13.8 Å². The molecule has 0 heterocycles. The summed E-state index contributed by atoms with van der Waals surface area (Å²) in [4.78, 5) is 0. The molecular weight excluding hydrogens is 182 g/mol. The van der Waals surface area contributed by atoms with Crippen LogP contribution in [0.2, 0.25) is 0 Å². The highest BCUT2D eigenvalue weighted by atomic mass is 14.9. The first-order chi connectivity index (χ1) is 7.22. The van der Waals surface area contributed by atoms with Crippen molar-refractivity contribution in [2.75, 3.05) is 7.05 Å². The van der Waals surface area contributed by atoms with Crippen molar-refractivity contribution < 1.29 is 0 Å². The van der Waals surface area contributed by atoms with E-state index in [2.05, 4.69) is 44.4 Å². The van der Waals surface area contributed by atoms with E-state index in [1.165, 1.54) is 30.4 Å². The van der Waals surface area contributed by atoms with Crippen molar-refractivity contribution in [2.45, 2.75) is 45.1 Å². The summed E-state index contributed by atoms with van der Waals surface area (Å²) >= 11 is 0. The standard InChI is InChI=1S/C14H21N/c1-10-7-8-12(11(2)9-10)13-5-4-6-14(13)15-3/h7-9,13-15H,4-6H2,1-3H3. The van der Waals surface area contributed by atoms with E-state index < -0.39 is 0 Å². The van der Waals surface area contributed by atoms with Crippen LogP contribution in [0.4, 0.5) is 0 Å². The molecule has 1 aliphatic rings. The first-order valence-electron chi connectivity index (χ1n) is 5.97. The van der Waals surface area contributed by atoms with Crippen LogP contribution in [0.15, 0.2) is 18.2 Å². The average Bonchev–Trinajstić information content (AvgIpc) is 2.65. The molecule has 1 nitrogen and oxygen atoms in total. The zero-order chi connectivity index (χ0) is 10.8. The Kier molecular flexibility index (Phi) is 3.11. The smallest absolute Gasteiger partial charge is 0.0133 e. The van der Waals surface area contributed by atoms with Gasteiger partial charge in [-0.15, -0.1) is 0 Å². The maximum Gasteiger partial charge on any atom is 0.0133 e. The molecule has 0 spiro atoms. The lowest BCUT2D eigenvalue weighted by Gasteiger charge is -2.21. The van der Waals surface area contributed by atoms with Gasteiger partial charge in [-0.05, 0) is 50.8 Å². The second kappa shape index (κ2) is 4.36. The highest BCUT2D eigenvalue weighted by Gasteiger charge is 2.27. The summed E-state index contributed by atoms with van der Waals surface area (Å²) in [5, 5.41) is 3.45. The Morgan fingerprint density at radius 3 is 2.67 bits per heavy atom. The largest absolute Gasteiger partial charge is 0.316 e. The van der Waals surface area contributed by atoms with Gasteiger partial charge in [-0.25, -0.2) is 0 Å². The molecule has 2 unspecified atom stereocenters. The van der Waals surface area contributed by atoms with Gasteiger partial charge in [0.25, 0.3) is 0 Å². The fraction of sp³-hybridized carbons (Fsp3) is 0.571. The van der Waals surface area contributed by atoms with Crippen LogP contribution in [0.3, 0.4) is 0 Å². The number of nitrogens with one attached hydrogen (secondary N) is 1. The molecule has 2 rings (SSSR count). The summed E-state index contributed by atoms with van der Waals surface area (Å²) in [6.45, 7) is 4.41.